The van der Waals surface area contributed by atoms with Gasteiger partial charge in [0.25, 0.3) is 0 Å². The van der Waals surface area contributed by atoms with Gasteiger partial charge < -0.3 is 24.5 Å². The van der Waals surface area contributed by atoms with Crippen molar-refractivity contribution in [2.45, 2.75) is 33.7 Å². The van der Waals surface area contributed by atoms with Crippen molar-refractivity contribution in [3.63, 3.8) is 0 Å². The third-order valence-corrected chi connectivity index (χ3v) is 3.52. The van der Waals surface area contributed by atoms with Crippen LogP contribution >= 0.6 is 0 Å². The lowest BCUT2D eigenvalue weighted by Gasteiger charge is -2.27. The molecule has 0 spiro atoms. The molecule has 8 heteroatoms. The summed E-state index contributed by atoms with van der Waals surface area (Å²) < 4.78 is 15.8. The smallest absolute Gasteiger partial charge is 0.338 e. The van der Waals surface area contributed by atoms with Gasteiger partial charge in [0.05, 0.1) is 23.8 Å². The third kappa shape index (κ3) is 4.40. The van der Waals surface area contributed by atoms with Crippen molar-refractivity contribution in [3.8, 4) is 0 Å². The third-order valence-electron chi connectivity index (χ3n) is 3.52. The van der Waals surface area contributed by atoms with E-state index in [4.69, 9.17) is 13.9 Å². The highest BCUT2D eigenvalue weighted by atomic mass is 16.5. The summed E-state index contributed by atoms with van der Waals surface area (Å²) in [5.41, 5.74) is 0.322. The fourth-order valence-electron chi connectivity index (χ4n) is 2.31. The van der Waals surface area contributed by atoms with Crippen LogP contribution < -0.4 is 10.6 Å². The lowest BCUT2D eigenvalue weighted by molar-refractivity contribution is -0.147. The summed E-state index contributed by atoms with van der Waals surface area (Å²) in [5, 5.41) is 5.15. The molecule has 1 aliphatic heterocycles. The highest BCUT2D eigenvalue weighted by molar-refractivity contribution is 5.95. The van der Waals surface area contributed by atoms with Crippen LogP contribution in [0.3, 0.4) is 0 Å². The number of esters is 2. The van der Waals surface area contributed by atoms with E-state index in [1.54, 1.807) is 39.8 Å². The number of aryl methyl sites for hydroxylation is 1. The highest BCUT2D eigenvalue weighted by Crippen LogP contribution is 2.29. The Hall–Kier alpha value is -2.77. The highest BCUT2D eigenvalue weighted by Gasteiger charge is 2.36. The zero-order valence-electron chi connectivity index (χ0n) is 14.7. The van der Waals surface area contributed by atoms with Crippen molar-refractivity contribution in [2.24, 2.45) is 5.92 Å². The van der Waals surface area contributed by atoms with Gasteiger partial charge in [0.15, 0.2) is 0 Å². The Labute approximate surface area is 145 Å². The maximum atomic E-state index is 12.4. The molecule has 0 saturated heterocycles. The summed E-state index contributed by atoms with van der Waals surface area (Å²) >= 11 is 0. The van der Waals surface area contributed by atoms with Crippen LogP contribution in [0.4, 0.5) is 4.79 Å². The first-order valence-corrected chi connectivity index (χ1v) is 8.04. The van der Waals surface area contributed by atoms with Crippen LogP contribution in [0, 0.1) is 12.8 Å². The first kappa shape index (κ1) is 18.6. The fraction of sp³-hybridized carbons (Fsp3) is 0.471. The number of furan rings is 1. The Kier molecular flexibility index (Phi) is 5.84. The number of rotatable bonds is 6. The van der Waals surface area contributed by atoms with Crippen LogP contribution in [0.25, 0.3) is 0 Å². The summed E-state index contributed by atoms with van der Waals surface area (Å²) in [6, 6.07) is 2.05. The maximum Gasteiger partial charge on any atom is 0.338 e. The predicted octanol–water partition coefficient (Wildman–Crippen LogP) is 1.96. The van der Waals surface area contributed by atoms with E-state index in [0.717, 1.165) is 0 Å². The Bertz CT molecular complexity index is 704. The van der Waals surface area contributed by atoms with Gasteiger partial charge >= 0.3 is 18.0 Å². The first-order valence-electron chi connectivity index (χ1n) is 8.04. The average Bonchev–Trinajstić information content (AvgIpc) is 2.98. The van der Waals surface area contributed by atoms with Crippen LogP contribution in [0.5, 0.6) is 0 Å². The molecule has 1 unspecified atom stereocenters. The fourth-order valence-corrected chi connectivity index (χ4v) is 2.31. The van der Waals surface area contributed by atoms with Gasteiger partial charge in [-0.05, 0) is 26.0 Å². The minimum absolute atomic E-state index is 0.146. The van der Waals surface area contributed by atoms with E-state index in [1.165, 1.54) is 0 Å². The number of urea groups is 1. The number of carbonyl (C=O) groups excluding carboxylic acids is 3. The van der Waals surface area contributed by atoms with Crippen LogP contribution in [0.2, 0.25) is 0 Å². The number of carbonyl (C=O) groups is 3. The van der Waals surface area contributed by atoms with Crippen molar-refractivity contribution >= 4 is 18.0 Å². The lowest BCUT2D eigenvalue weighted by Crippen LogP contribution is -2.47. The van der Waals surface area contributed by atoms with E-state index in [9.17, 15) is 14.4 Å². The molecular weight excluding hydrogens is 328 g/mol. The van der Waals surface area contributed by atoms with Crippen molar-refractivity contribution in [1.29, 1.82) is 0 Å². The van der Waals surface area contributed by atoms with Crippen LogP contribution in [0.15, 0.2) is 27.8 Å². The number of amides is 2. The second kappa shape index (κ2) is 7.87. The second-order valence-electron chi connectivity index (χ2n) is 5.85. The van der Waals surface area contributed by atoms with Gasteiger partial charge in [0, 0.05) is 0 Å². The topological polar surface area (TPSA) is 107 Å². The zero-order chi connectivity index (χ0) is 18.6. The molecule has 25 heavy (non-hydrogen) atoms. The van der Waals surface area contributed by atoms with Gasteiger partial charge in [-0.15, -0.1) is 0 Å². The molecule has 1 atom stereocenters. The number of nitrogens with one attached hydrogen (secondary N) is 2. The van der Waals surface area contributed by atoms with Crippen LogP contribution in [-0.2, 0) is 19.1 Å². The minimum atomic E-state index is -0.825. The zero-order valence-corrected chi connectivity index (χ0v) is 14.7. The van der Waals surface area contributed by atoms with E-state index >= 15 is 0 Å². The van der Waals surface area contributed by atoms with Gasteiger partial charge in [-0.1, -0.05) is 13.8 Å². The predicted molar refractivity (Wildman–Crippen MR) is 87.3 cm³/mol. The molecule has 2 N–H and O–H groups in total. The molecule has 0 aliphatic carbocycles. The van der Waals surface area contributed by atoms with Gasteiger partial charge in [-0.2, -0.15) is 0 Å². The van der Waals surface area contributed by atoms with Gasteiger partial charge in [0.1, 0.15) is 24.2 Å². The molecule has 136 valence electrons. The Morgan fingerprint density at radius 2 is 2.00 bits per heavy atom. The molecule has 1 aromatic rings. The van der Waals surface area contributed by atoms with E-state index < -0.39 is 24.0 Å². The Morgan fingerprint density at radius 3 is 2.56 bits per heavy atom. The molecular formula is C17H22N2O6. The maximum absolute atomic E-state index is 12.4. The van der Waals surface area contributed by atoms with E-state index in [2.05, 4.69) is 10.6 Å². The lowest BCUT2D eigenvalue weighted by atomic mass is 10.0. The number of ether oxygens (including phenoxy) is 2. The normalized spacial score (nSPS) is 17.2. The molecule has 0 aromatic carbocycles. The summed E-state index contributed by atoms with van der Waals surface area (Å²) in [7, 11) is 0. The molecule has 0 radical (unpaired) electrons. The SMILES string of the molecule is CCOC(=O)C1=C(COC(=O)C(C)C)NC(=O)NC1c1ccc(C)o1. The Morgan fingerprint density at radius 1 is 1.28 bits per heavy atom. The van der Waals surface area contributed by atoms with Crippen molar-refractivity contribution < 1.29 is 28.3 Å². The number of hydrogen-bond donors (Lipinski definition) is 2. The van der Waals surface area contributed by atoms with Crippen molar-refractivity contribution in [3.05, 3.63) is 34.9 Å². The molecule has 1 aromatic heterocycles. The monoisotopic (exact) mass is 350 g/mol. The minimum Gasteiger partial charge on any atom is -0.464 e. The quantitative estimate of drug-likeness (QED) is 0.760. The van der Waals surface area contributed by atoms with Gasteiger partial charge in [-0.25, -0.2) is 9.59 Å². The molecule has 8 nitrogen and oxygen atoms in total. The van der Waals surface area contributed by atoms with Crippen LogP contribution in [0.1, 0.15) is 38.3 Å². The molecule has 0 saturated carbocycles. The number of hydrogen-bond acceptors (Lipinski definition) is 6. The summed E-state index contributed by atoms with van der Waals surface area (Å²) in [5.74, 6) is -0.354. The molecule has 2 amide bonds. The van der Waals surface area contributed by atoms with E-state index in [1.807, 2.05) is 0 Å². The van der Waals surface area contributed by atoms with Crippen molar-refractivity contribution in [2.75, 3.05) is 13.2 Å². The molecule has 0 fully saturated rings. The van der Waals surface area contributed by atoms with E-state index in [0.29, 0.717) is 11.5 Å². The van der Waals surface area contributed by atoms with E-state index in [-0.39, 0.29) is 30.4 Å². The standard InChI is InChI=1S/C17H22N2O6/c1-5-23-16(21)13-11(8-24-15(20)9(2)3)18-17(22)19-14(13)12-7-6-10(4)25-12/h6-7,9,14H,5,8H2,1-4H3,(H2,18,19,22). The molecule has 1 aliphatic rings. The summed E-state index contributed by atoms with van der Waals surface area (Å²) in [6.45, 7) is 6.74. The largest absolute Gasteiger partial charge is 0.464 e. The van der Waals surface area contributed by atoms with Gasteiger partial charge in [0.2, 0.25) is 0 Å². The molecule has 2 heterocycles. The Balaban J connectivity index is 2.39. The van der Waals surface area contributed by atoms with Crippen molar-refractivity contribution in [1.82, 2.24) is 10.6 Å². The average molecular weight is 350 g/mol. The molecule has 0 bridgehead atoms. The van der Waals surface area contributed by atoms with Crippen LogP contribution in [-0.4, -0.2) is 31.2 Å². The second-order valence-corrected chi connectivity index (χ2v) is 5.85. The van der Waals surface area contributed by atoms with Gasteiger partial charge in [-0.3, -0.25) is 4.79 Å². The summed E-state index contributed by atoms with van der Waals surface area (Å²) in [4.78, 5) is 36.1. The summed E-state index contributed by atoms with van der Waals surface area (Å²) in [6.07, 6.45) is 0. The molecule has 2 rings (SSSR count). The first-order chi connectivity index (χ1) is 11.8.